The molecular weight excluding hydrogens is 232 g/mol. The lowest BCUT2D eigenvalue weighted by Crippen LogP contribution is -1.97. The summed E-state index contributed by atoms with van der Waals surface area (Å²) in [6.07, 6.45) is 0. The fourth-order valence-electron chi connectivity index (χ4n) is 2.21. The molecule has 0 unspecified atom stereocenters. The second kappa shape index (κ2) is 3.83. The Morgan fingerprint density at radius 3 is 1.50 bits per heavy atom. The zero-order chi connectivity index (χ0) is 12.7. The monoisotopic (exact) mass is 240 g/mol. The number of anilines is 2. The van der Waals surface area contributed by atoms with Crippen LogP contribution in [0.25, 0.3) is 11.1 Å². The molecule has 2 aromatic carbocycles. The van der Waals surface area contributed by atoms with Gasteiger partial charge in [0.05, 0.1) is 11.4 Å². The minimum absolute atomic E-state index is 0.172. The van der Waals surface area contributed by atoms with Crippen LogP contribution in [0.15, 0.2) is 36.4 Å². The van der Waals surface area contributed by atoms with Gasteiger partial charge in [0.2, 0.25) is 0 Å². The summed E-state index contributed by atoms with van der Waals surface area (Å²) in [5.41, 5.74) is 6.74. The van der Waals surface area contributed by atoms with E-state index in [-0.39, 0.29) is 5.78 Å². The molecule has 0 bridgehead atoms. The van der Waals surface area contributed by atoms with Crippen LogP contribution in [0.5, 0.6) is 0 Å². The van der Waals surface area contributed by atoms with Crippen LogP contribution >= 0.6 is 0 Å². The summed E-state index contributed by atoms with van der Waals surface area (Å²) in [6.45, 7) is 0. The van der Waals surface area contributed by atoms with Crippen LogP contribution in [0, 0.1) is 0 Å². The van der Waals surface area contributed by atoms with E-state index in [9.17, 15) is 15.2 Å². The lowest BCUT2D eigenvalue weighted by atomic mass is 10.1. The highest BCUT2D eigenvalue weighted by atomic mass is 16.5. The number of ketones is 1. The molecule has 0 aliphatic heterocycles. The van der Waals surface area contributed by atoms with E-state index in [0.717, 1.165) is 11.1 Å². The Kier molecular flexibility index (Phi) is 2.29. The zero-order valence-corrected chi connectivity index (χ0v) is 9.19. The highest BCUT2D eigenvalue weighted by molar-refractivity contribution is 6.22. The Balaban J connectivity index is 2.21. The van der Waals surface area contributed by atoms with E-state index < -0.39 is 0 Å². The number of hydrogen-bond acceptors (Lipinski definition) is 3. The van der Waals surface area contributed by atoms with Crippen LogP contribution in [0.3, 0.4) is 0 Å². The van der Waals surface area contributed by atoms with Gasteiger partial charge in [0.15, 0.2) is 5.78 Å². The molecule has 0 amide bonds. The third-order valence-corrected chi connectivity index (χ3v) is 3.05. The first kappa shape index (κ1) is 10.8. The fraction of sp³-hybridized carbons (Fsp3) is 0. The second-order valence-electron chi connectivity index (χ2n) is 4.05. The van der Waals surface area contributed by atoms with Gasteiger partial charge in [0.25, 0.3) is 0 Å². The van der Waals surface area contributed by atoms with Gasteiger partial charge >= 0.3 is 0 Å². The molecular formula is C13H8N2O3. The molecule has 0 aromatic heterocycles. The van der Waals surface area contributed by atoms with Crippen molar-refractivity contribution in [2.45, 2.75) is 0 Å². The van der Waals surface area contributed by atoms with E-state index in [1.165, 1.54) is 12.1 Å². The van der Waals surface area contributed by atoms with Crippen LogP contribution in [0.4, 0.5) is 11.4 Å². The van der Waals surface area contributed by atoms with Gasteiger partial charge in [-0.15, -0.1) is 0 Å². The highest BCUT2D eigenvalue weighted by Crippen LogP contribution is 2.38. The van der Waals surface area contributed by atoms with Crippen molar-refractivity contribution in [3.05, 3.63) is 47.5 Å². The number of nitrogens with one attached hydrogen (secondary N) is 2. The number of benzene rings is 2. The smallest absolute Gasteiger partial charge is 0.194 e. The molecule has 0 fully saturated rings. The Morgan fingerprint density at radius 2 is 1.11 bits per heavy atom. The number of carbonyl (C=O) groups excluding carboxylic acids is 1. The van der Waals surface area contributed by atoms with Crippen molar-refractivity contribution in [2.24, 2.45) is 0 Å². The minimum atomic E-state index is -0.172. The van der Waals surface area contributed by atoms with E-state index in [0.29, 0.717) is 22.5 Å². The topological polar surface area (TPSA) is 80.9 Å². The standard InChI is InChI=1S/C13H8N2O3/c16-13-11-5-7(14-17)1-3-9(11)10-4-2-8(15-18)6-12(10)13/h1-6,14-15H. The molecule has 0 saturated heterocycles. The van der Waals surface area contributed by atoms with E-state index in [4.69, 9.17) is 0 Å². The number of rotatable bonds is 2. The predicted molar refractivity (Wildman–Crippen MR) is 63.9 cm³/mol. The van der Waals surface area contributed by atoms with Crippen LogP contribution in [0.1, 0.15) is 15.9 Å². The molecule has 2 aromatic rings. The fourth-order valence-corrected chi connectivity index (χ4v) is 2.21. The van der Waals surface area contributed by atoms with Crippen molar-refractivity contribution in [1.82, 2.24) is 0 Å². The lowest BCUT2D eigenvalue weighted by Gasteiger charge is -2.02. The van der Waals surface area contributed by atoms with E-state index in [1.54, 1.807) is 35.2 Å². The summed E-state index contributed by atoms with van der Waals surface area (Å²) in [6, 6.07) is 9.74. The van der Waals surface area contributed by atoms with Crippen molar-refractivity contribution in [3.63, 3.8) is 0 Å². The normalized spacial score (nSPS) is 12.0. The summed E-state index contributed by atoms with van der Waals surface area (Å²) in [4.78, 5) is 12.2. The molecule has 0 spiro atoms. The highest BCUT2D eigenvalue weighted by Gasteiger charge is 2.27. The minimum Gasteiger partial charge on any atom is -0.289 e. The Labute approximate surface area is 103 Å². The summed E-state index contributed by atoms with van der Waals surface area (Å²) in [7, 11) is 0. The predicted octanol–water partition coefficient (Wildman–Crippen LogP) is 2.41. The maximum Gasteiger partial charge on any atom is 0.194 e. The lowest BCUT2D eigenvalue weighted by molar-refractivity contribution is 0.104. The maximum atomic E-state index is 12.2. The van der Waals surface area contributed by atoms with Crippen molar-refractivity contribution >= 4 is 17.2 Å². The average molecular weight is 240 g/mol. The molecule has 88 valence electrons. The summed E-state index contributed by atoms with van der Waals surface area (Å²) < 4.78 is 0. The largest absolute Gasteiger partial charge is 0.289 e. The molecule has 2 N–H and O–H groups in total. The van der Waals surface area contributed by atoms with Crippen LogP contribution in [-0.2, 0) is 10.4 Å². The Bertz CT molecular complexity index is 597. The molecule has 2 radical (unpaired) electrons. The third-order valence-electron chi connectivity index (χ3n) is 3.05. The number of hydrogen-bond donors (Lipinski definition) is 2. The summed E-state index contributed by atoms with van der Waals surface area (Å²) in [5.74, 6) is -0.172. The van der Waals surface area contributed by atoms with Crippen molar-refractivity contribution in [3.8, 4) is 11.1 Å². The Hall–Kier alpha value is -2.37. The summed E-state index contributed by atoms with van der Waals surface area (Å²) in [5, 5.41) is 21.2. The second-order valence-corrected chi connectivity index (χ2v) is 4.05. The van der Waals surface area contributed by atoms with Gasteiger partial charge in [-0.25, -0.2) is 11.0 Å². The maximum absolute atomic E-state index is 12.2. The molecule has 0 heterocycles. The molecule has 3 rings (SSSR count). The molecule has 5 nitrogen and oxygen atoms in total. The molecule has 18 heavy (non-hydrogen) atoms. The molecule has 0 saturated carbocycles. The molecule has 1 aliphatic carbocycles. The van der Waals surface area contributed by atoms with Crippen molar-refractivity contribution < 1.29 is 15.2 Å². The first-order chi connectivity index (χ1) is 8.74. The van der Waals surface area contributed by atoms with E-state index in [1.807, 2.05) is 0 Å². The quantitative estimate of drug-likeness (QED) is 0.675. The number of carbonyl (C=O) groups is 1. The van der Waals surface area contributed by atoms with Crippen molar-refractivity contribution in [2.75, 3.05) is 11.0 Å². The van der Waals surface area contributed by atoms with Gasteiger partial charge in [-0.2, -0.15) is 0 Å². The number of fused-ring (bicyclic) bond motifs is 3. The zero-order valence-electron chi connectivity index (χ0n) is 9.19. The van der Waals surface area contributed by atoms with Gasteiger partial charge in [-0.1, -0.05) is 22.5 Å². The van der Waals surface area contributed by atoms with E-state index >= 15 is 0 Å². The molecule has 5 heteroatoms. The van der Waals surface area contributed by atoms with Gasteiger partial charge in [-0.3, -0.25) is 4.79 Å². The Morgan fingerprint density at radius 1 is 0.667 bits per heavy atom. The van der Waals surface area contributed by atoms with E-state index in [2.05, 4.69) is 0 Å². The molecule has 1 aliphatic rings. The SMILES string of the molecule is [O]Nc1ccc2c(c1)C(=O)c1cc(N[O])ccc1-2. The molecule has 0 atom stereocenters. The summed E-state index contributed by atoms with van der Waals surface area (Å²) >= 11 is 0. The average Bonchev–Trinajstić information content (AvgIpc) is 2.71. The third kappa shape index (κ3) is 1.38. The van der Waals surface area contributed by atoms with Crippen molar-refractivity contribution in [1.29, 1.82) is 0 Å². The first-order valence-corrected chi connectivity index (χ1v) is 5.34. The van der Waals surface area contributed by atoms with Crippen LogP contribution < -0.4 is 11.0 Å². The van der Waals surface area contributed by atoms with Crippen LogP contribution in [0.2, 0.25) is 0 Å². The van der Waals surface area contributed by atoms with Gasteiger partial charge in [0.1, 0.15) is 0 Å². The van der Waals surface area contributed by atoms with Gasteiger partial charge in [-0.05, 0) is 35.4 Å². The van der Waals surface area contributed by atoms with Crippen LogP contribution in [-0.4, -0.2) is 5.78 Å². The van der Waals surface area contributed by atoms with Gasteiger partial charge < -0.3 is 0 Å². The van der Waals surface area contributed by atoms with Gasteiger partial charge in [0, 0.05) is 11.1 Å². The first-order valence-electron chi connectivity index (χ1n) is 5.34.